The van der Waals surface area contributed by atoms with Crippen molar-refractivity contribution in [3.63, 3.8) is 0 Å². The van der Waals surface area contributed by atoms with E-state index in [1.165, 1.54) is 0 Å². The first-order valence-corrected chi connectivity index (χ1v) is 6.37. The maximum absolute atomic E-state index is 11.5. The predicted molar refractivity (Wildman–Crippen MR) is 72.5 cm³/mol. The molecule has 0 aliphatic carbocycles. The van der Waals surface area contributed by atoms with E-state index in [1.807, 2.05) is 23.6 Å². The minimum atomic E-state index is -1.61. The van der Waals surface area contributed by atoms with Crippen LogP contribution >= 0.6 is 11.3 Å². The molecule has 0 aliphatic heterocycles. The van der Waals surface area contributed by atoms with Crippen molar-refractivity contribution >= 4 is 39.1 Å². The Kier molecular flexibility index (Phi) is 3.98. The largest absolute Gasteiger partial charge is 0.479 e. The van der Waals surface area contributed by atoms with E-state index in [1.54, 1.807) is 17.4 Å². The van der Waals surface area contributed by atoms with Gasteiger partial charge in [0, 0.05) is 10.4 Å². The fourth-order valence-electron chi connectivity index (χ4n) is 1.50. The average Bonchev–Trinajstić information content (AvgIpc) is 2.83. The first-order valence-electron chi connectivity index (χ1n) is 5.49. The van der Waals surface area contributed by atoms with Crippen LogP contribution in [-0.2, 0) is 4.79 Å². The van der Waals surface area contributed by atoms with Crippen LogP contribution in [0.3, 0.4) is 0 Å². The molecule has 1 heterocycles. The highest BCUT2D eigenvalue weighted by Gasteiger charge is 2.14. The number of hydrogen-bond acceptors (Lipinski definition) is 4. The molecule has 0 aliphatic rings. The second-order valence-electron chi connectivity index (χ2n) is 3.86. The molecule has 7 heteroatoms. The lowest BCUT2D eigenvalue weighted by Crippen LogP contribution is -2.38. The van der Waals surface area contributed by atoms with E-state index in [9.17, 15) is 9.59 Å². The number of carbonyl (C=O) groups excluding carboxylic acids is 1. The molecule has 4 N–H and O–H groups in total. The van der Waals surface area contributed by atoms with E-state index in [0.717, 1.165) is 10.1 Å². The van der Waals surface area contributed by atoms with Gasteiger partial charge in [-0.2, -0.15) is 0 Å². The highest BCUT2D eigenvalue weighted by molar-refractivity contribution is 7.17. The topological polar surface area (TPSA) is 98.7 Å². The molecular weight excluding hydrogens is 268 g/mol. The molecular formula is C12H12N2O4S. The Balaban J connectivity index is 1.93. The summed E-state index contributed by atoms with van der Waals surface area (Å²) in [6.07, 6.45) is -1.61. The molecule has 2 rings (SSSR count). The van der Waals surface area contributed by atoms with Gasteiger partial charge < -0.3 is 20.8 Å². The number of benzene rings is 1. The van der Waals surface area contributed by atoms with Gasteiger partial charge in [0.15, 0.2) is 6.10 Å². The number of hydrogen-bond donors (Lipinski definition) is 4. The first-order chi connectivity index (χ1) is 9.06. The van der Waals surface area contributed by atoms with Crippen molar-refractivity contribution in [1.29, 1.82) is 0 Å². The van der Waals surface area contributed by atoms with Gasteiger partial charge in [-0.1, -0.05) is 0 Å². The molecule has 2 aromatic rings. The molecule has 0 saturated carbocycles. The maximum Gasteiger partial charge on any atom is 0.334 e. The number of nitrogens with one attached hydrogen (secondary N) is 2. The summed E-state index contributed by atoms with van der Waals surface area (Å²) >= 11 is 1.61. The van der Waals surface area contributed by atoms with Crippen molar-refractivity contribution in [3.8, 4) is 0 Å². The number of rotatable bonds is 4. The third-order valence-electron chi connectivity index (χ3n) is 2.45. The van der Waals surface area contributed by atoms with Crippen LogP contribution in [0, 0.1) is 0 Å². The van der Waals surface area contributed by atoms with Gasteiger partial charge in [-0.15, -0.1) is 11.3 Å². The lowest BCUT2D eigenvalue weighted by atomic mass is 10.2. The number of carboxylic acid groups (broad SMARTS) is 1. The van der Waals surface area contributed by atoms with Crippen molar-refractivity contribution in [2.24, 2.45) is 0 Å². The fraction of sp³-hybridized carbons (Fsp3) is 0.167. The Morgan fingerprint density at radius 3 is 2.84 bits per heavy atom. The second kappa shape index (κ2) is 5.68. The molecule has 0 unspecified atom stereocenters. The van der Waals surface area contributed by atoms with Crippen LogP contribution in [0.25, 0.3) is 10.1 Å². The summed E-state index contributed by atoms with van der Waals surface area (Å²) in [6, 6.07) is 6.85. The lowest BCUT2D eigenvalue weighted by molar-refractivity contribution is -0.146. The summed E-state index contributed by atoms with van der Waals surface area (Å²) < 4.78 is 1.12. The van der Waals surface area contributed by atoms with E-state index in [0.29, 0.717) is 5.69 Å². The van der Waals surface area contributed by atoms with Crippen molar-refractivity contribution in [2.75, 3.05) is 11.9 Å². The number of aliphatic hydroxyl groups is 1. The number of aliphatic carboxylic acids is 1. The van der Waals surface area contributed by atoms with Crippen molar-refractivity contribution < 1.29 is 19.8 Å². The van der Waals surface area contributed by atoms with Gasteiger partial charge in [-0.25, -0.2) is 9.59 Å². The normalized spacial score (nSPS) is 12.1. The van der Waals surface area contributed by atoms with Gasteiger partial charge in [0.05, 0.1) is 6.54 Å². The van der Waals surface area contributed by atoms with Crippen LogP contribution in [-0.4, -0.2) is 34.9 Å². The summed E-state index contributed by atoms with van der Waals surface area (Å²) in [5, 5.41) is 25.3. The zero-order chi connectivity index (χ0) is 13.8. The smallest absolute Gasteiger partial charge is 0.334 e. The molecule has 0 saturated heterocycles. The van der Waals surface area contributed by atoms with Crippen LogP contribution in [0.2, 0.25) is 0 Å². The van der Waals surface area contributed by atoms with Gasteiger partial charge in [-0.05, 0) is 35.0 Å². The minimum absolute atomic E-state index is 0.345. The summed E-state index contributed by atoms with van der Waals surface area (Å²) in [7, 11) is 0. The summed E-state index contributed by atoms with van der Waals surface area (Å²) in [4.78, 5) is 21.9. The zero-order valence-corrected chi connectivity index (χ0v) is 10.6. The molecule has 0 bridgehead atoms. The summed E-state index contributed by atoms with van der Waals surface area (Å²) in [5.41, 5.74) is 0.605. The highest BCUT2D eigenvalue weighted by Crippen LogP contribution is 2.23. The minimum Gasteiger partial charge on any atom is -0.479 e. The van der Waals surface area contributed by atoms with Gasteiger partial charge in [0.2, 0.25) is 0 Å². The maximum atomic E-state index is 11.5. The van der Waals surface area contributed by atoms with Crippen molar-refractivity contribution in [1.82, 2.24) is 5.32 Å². The summed E-state index contributed by atoms with van der Waals surface area (Å²) in [5.74, 6) is -1.38. The molecule has 0 fully saturated rings. The number of carboxylic acids is 1. The highest BCUT2D eigenvalue weighted by atomic mass is 32.1. The Morgan fingerprint density at radius 1 is 1.32 bits per heavy atom. The zero-order valence-electron chi connectivity index (χ0n) is 9.79. The number of amides is 2. The molecule has 1 aromatic heterocycles. The van der Waals surface area contributed by atoms with Crippen LogP contribution in [0.5, 0.6) is 0 Å². The molecule has 0 radical (unpaired) electrons. The summed E-state index contributed by atoms with van der Waals surface area (Å²) in [6.45, 7) is -0.345. The quantitative estimate of drug-likeness (QED) is 0.681. The molecule has 6 nitrogen and oxygen atoms in total. The van der Waals surface area contributed by atoms with E-state index < -0.39 is 18.1 Å². The average molecular weight is 280 g/mol. The molecule has 100 valence electrons. The van der Waals surface area contributed by atoms with E-state index in [4.69, 9.17) is 10.2 Å². The molecule has 0 spiro atoms. The Morgan fingerprint density at radius 2 is 2.11 bits per heavy atom. The van der Waals surface area contributed by atoms with Crippen LogP contribution in [0.15, 0.2) is 29.6 Å². The van der Waals surface area contributed by atoms with Gasteiger partial charge in [-0.3, -0.25) is 0 Å². The molecule has 1 aromatic carbocycles. The predicted octanol–water partition coefficient (Wildman–Crippen LogP) is 1.47. The number of anilines is 1. The molecule has 2 amide bonds. The molecule has 19 heavy (non-hydrogen) atoms. The number of fused-ring (bicyclic) bond motifs is 1. The van der Waals surface area contributed by atoms with Crippen molar-refractivity contribution in [3.05, 3.63) is 29.6 Å². The fourth-order valence-corrected chi connectivity index (χ4v) is 2.27. The Hall–Kier alpha value is -2.12. The number of carbonyl (C=O) groups is 2. The number of aliphatic hydroxyl groups excluding tert-OH is 1. The monoisotopic (exact) mass is 280 g/mol. The van der Waals surface area contributed by atoms with E-state index in [-0.39, 0.29) is 6.54 Å². The van der Waals surface area contributed by atoms with Crippen LogP contribution in [0.4, 0.5) is 10.5 Å². The Bertz CT molecular complexity index is 611. The SMILES string of the molecule is O=C(NC[C@H](O)C(=O)O)Nc1ccc2sccc2c1. The number of urea groups is 1. The third-order valence-corrected chi connectivity index (χ3v) is 3.35. The van der Waals surface area contributed by atoms with Gasteiger partial charge in [0.1, 0.15) is 0 Å². The standard InChI is InChI=1S/C12H12N2O4S/c15-9(11(16)17)6-13-12(18)14-8-1-2-10-7(5-8)3-4-19-10/h1-5,9,15H,6H2,(H,16,17)(H2,13,14,18)/t9-/m0/s1. The van der Waals surface area contributed by atoms with E-state index in [2.05, 4.69) is 10.6 Å². The second-order valence-corrected chi connectivity index (χ2v) is 4.81. The van der Waals surface area contributed by atoms with Crippen molar-refractivity contribution in [2.45, 2.75) is 6.10 Å². The first kappa shape index (κ1) is 13.3. The van der Waals surface area contributed by atoms with Gasteiger partial charge in [0.25, 0.3) is 0 Å². The lowest BCUT2D eigenvalue weighted by Gasteiger charge is -2.09. The Labute approximate surface area is 112 Å². The van der Waals surface area contributed by atoms with Gasteiger partial charge >= 0.3 is 12.0 Å². The third kappa shape index (κ3) is 3.43. The molecule has 1 atom stereocenters. The van der Waals surface area contributed by atoms with Crippen LogP contribution in [0.1, 0.15) is 0 Å². The van der Waals surface area contributed by atoms with E-state index >= 15 is 0 Å². The number of thiophene rings is 1. The van der Waals surface area contributed by atoms with Crippen LogP contribution < -0.4 is 10.6 Å².